The number of nitrogen functional groups attached to an aromatic ring is 1. The Morgan fingerprint density at radius 3 is 2.74 bits per heavy atom. The Morgan fingerprint density at radius 2 is 2.16 bits per heavy atom. The van der Waals surface area contributed by atoms with Crippen molar-refractivity contribution in [3.05, 3.63) is 11.4 Å². The molecule has 0 unspecified atom stereocenters. The highest BCUT2D eigenvalue weighted by Gasteiger charge is 2.25. The molecule has 2 rings (SSSR count). The largest absolute Gasteiger partial charge is 0.476 e. The van der Waals surface area contributed by atoms with Gasteiger partial charge < -0.3 is 15.1 Å². The molecular formula is C13H23N5O. The summed E-state index contributed by atoms with van der Waals surface area (Å²) in [6.45, 7) is 5.48. The van der Waals surface area contributed by atoms with Crippen molar-refractivity contribution in [2.45, 2.75) is 39.2 Å². The first-order chi connectivity index (χ1) is 9.15. The van der Waals surface area contributed by atoms with Crippen LogP contribution in [0.4, 0.5) is 5.82 Å². The Hall–Kier alpha value is -1.40. The summed E-state index contributed by atoms with van der Waals surface area (Å²) >= 11 is 0. The van der Waals surface area contributed by atoms with Gasteiger partial charge in [-0.25, -0.2) is 10.8 Å². The van der Waals surface area contributed by atoms with Gasteiger partial charge in [-0.05, 0) is 26.8 Å². The first-order valence-electron chi connectivity index (χ1n) is 6.82. The van der Waals surface area contributed by atoms with E-state index in [2.05, 4.69) is 27.3 Å². The summed E-state index contributed by atoms with van der Waals surface area (Å²) in [5.74, 6) is 7.47. The predicted molar refractivity (Wildman–Crippen MR) is 75.1 cm³/mol. The van der Waals surface area contributed by atoms with Gasteiger partial charge in [-0.2, -0.15) is 4.98 Å². The van der Waals surface area contributed by atoms with Gasteiger partial charge in [0.05, 0.1) is 5.56 Å². The molecule has 19 heavy (non-hydrogen) atoms. The molecule has 0 aliphatic heterocycles. The van der Waals surface area contributed by atoms with Crippen LogP contribution in [0.25, 0.3) is 0 Å². The molecule has 1 aliphatic carbocycles. The summed E-state index contributed by atoms with van der Waals surface area (Å²) in [4.78, 5) is 11.1. The summed E-state index contributed by atoms with van der Waals surface area (Å²) in [7, 11) is 2.14. The third-order valence-electron chi connectivity index (χ3n) is 3.45. The van der Waals surface area contributed by atoms with E-state index in [4.69, 9.17) is 10.6 Å². The maximum atomic E-state index is 5.78. The molecule has 0 aromatic carbocycles. The van der Waals surface area contributed by atoms with Crippen LogP contribution in [-0.4, -0.2) is 41.1 Å². The maximum Gasteiger partial charge on any atom is 0.221 e. The molecule has 1 aromatic heterocycles. The van der Waals surface area contributed by atoms with Crippen LogP contribution in [0.3, 0.4) is 0 Å². The normalized spacial score (nSPS) is 14.8. The molecule has 0 radical (unpaired) electrons. The van der Waals surface area contributed by atoms with E-state index in [9.17, 15) is 0 Å². The van der Waals surface area contributed by atoms with E-state index in [1.165, 1.54) is 12.8 Å². The zero-order valence-electron chi connectivity index (χ0n) is 11.9. The van der Waals surface area contributed by atoms with Crippen molar-refractivity contribution in [3.8, 4) is 5.88 Å². The van der Waals surface area contributed by atoms with Crippen molar-refractivity contribution in [3.63, 3.8) is 0 Å². The van der Waals surface area contributed by atoms with Gasteiger partial charge in [0, 0.05) is 19.0 Å². The third kappa shape index (κ3) is 3.54. The number of ether oxygens (including phenoxy) is 1. The minimum absolute atomic E-state index is 0.629. The number of hydrogen-bond acceptors (Lipinski definition) is 6. The Morgan fingerprint density at radius 1 is 1.42 bits per heavy atom. The van der Waals surface area contributed by atoms with Crippen LogP contribution in [0.1, 0.15) is 31.2 Å². The van der Waals surface area contributed by atoms with Crippen LogP contribution in [0.15, 0.2) is 0 Å². The van der Waals surface area contributed by atoms with Crippen molar-refractivity contribution in [2.24, 2.45) is 5.84 Å². The predicted octanol–water partition coefficient (Wildman–Crippen LogP) is 1.11. The number of anilines is 1. The van der Waals surface area contributed by atoms with Crippen LogP contribution < -0.4 is 16.0 Å². The second kappa shape index (κ2) is 6.16. The fourth-order valence-electron chi connectivity index (χ4n) is 1.96. The first-order valence-corrected chi connectivity index (χ1v) is 6.82. The van der Waals surface area contributed by atoms with Crippen molar-refractivity contribution < 1.29 is 4.74 Å². The van der Waals surface area contributed by atoms with Gasteiger partial charge in [-0.15, -0.1) is 0 Å². The van der Waals surface area contributed by atoms with Gasteiger partial charge in [0.15, 0.2) is 0 Å². The molecule has 0 spiro atoms. The van der Waals surface area contributed by atoms with Gasteiger partial charge in [-0.3, -0.25) is 0 Å². The monoisotopic (exact) mass is 265 g/mol. The zero-order chi connectivity index (χ0) is 13.8. The van der Waals surface area contributed by atoms with Crippen LogP contribution >= 0.6 is 0 Å². The van der Waals surface area contributed by atoms with Crippen LogP contribution in [-0.2, 0) is 6.42 Å². The second-order valence-corrected chi connectivity index (χ2v) is 4.98. The van der Waals surface area contributed by atoms with E-state index in [0.717, 1.165) is 30.4 Å². The molecule has 1 saturated carbocycles. The number of nitrogens with one attached hydrogen (secondary N) is 1. The summed E-state index contributed by atoms with van der Waals surface area (Å²) in [6.07, 6.45) is 3.38. The molecule has 1 aromatic rings. The van der Waals surface area contributed by atoms with Crippen molar-refractivity contribution in [1.29, 1.82) is 0 Å². The molecule has 1 aliphatic rings. The minimum atomic E-state index is 0.629. The number of nitrogens with two attached hydrogens (primary N) is 1. The number of likely N-dealkylation sites (N-methyl/N-ethyl adjacent to an activating group) is 1. The van der Waals surface area contributed by atoms with Gasteiger partial charge in [0.25, 0.3) is 0 Å². The first kappa shape index (κ1) is 14.0. The quantitative estimate of drug-likeness (QED) is 0.568. The molecule has 0 saturated heterocycles. The van der Waals surface area contributed by atoms with Crippen molar-refractivity contribution in [2.75, 3.05) is 25.6 Å². The van der Waals surface area contributed by atoms with Gasteiger partial charge >= 0.3 is 0 Å². The van der Waals surface area contributed by atoms with Crippen molar-refractivity contribution >= 4 is 5.82 Å². The maximum absolute atomic E-state index is 5.78. The van der Waals surface area contributed by atoms with E-state index in [1.54, 1.807) is 0 Å². The van der Waals surface area contributed by atoms with Gasteiger partial charge in [0.2, 0.25) is 5.88 Å². The number of aromatic nitrogens is 2. The zero-order valence-corrected chi connectivity index (χ0v) is 11.9. The molecule has 3 N–H and O–H groups in total. The number of hydrogen-bond donors (Lipinski definition) is 2. The van der Waals surface area contributed by atoms with E-state index < -0.39 is 0 Å². The Kier molecular flexibility index (Phi) is 4.55. The molecule has 0 bridgehead atoms. The van der Waals surface area contributed by atoms with E-state index in [1.807, 2.05) is 13.8 Å². The summed E-state index contributed by atoms with van der Waals surface area (Å²) in [5.41, 5.74) is 3.45. The summed E-state index contributed by atoms with van der Waals surface area (Å²) < 4.78 is 5.78. The molecule has 0 amide bonds. The molecular weight excluding hydrogens is 242 g/mol. The van der Waals surface area contributed by atoms with Crippen LogP contribution in [0, 0.1) is 6.92 Å². The minimum Gasteiger partial charge on any atom is -0.476 e. The Bertz CT molecular complexity index is 433. The van der Waals surface area contributed by atoms with Gasteiger partial charge in [-0.1, -0.05) is 6.92 Å². The number of rotatable bonds is 7. The third-order valence-corrected chi connectivity index (χ3v) is 3.45. The van der Waals surface area contributed by atoms with Gasteiger partial charge in [0.1, 0.15) is 18.2 Å². The van der Waals surface area contributed by atoms with Crippen LogP contribution in [0.5, 0.6) is 5.88 Å². The fourth-order valence-corrected chi connectivity index (χ4v) is 1.96. The molecule has 6 heteroatoms. The SMILES string of the molecule is CCc1nc(NN)c(C)c(OCCN(C)C2CC2)n1. The highest BCUT2D eigenvalue weighted by Crippen LogP contribution is 2.25. The Labute approximate surface area is 114 Å². The van der Waals surface area contributed by atoms with Crippen LogP contribution in [0.2, 0.25) is 0 Å². The average molecular weight is 265 g/mol. The molecule has 0 atom stereocenters. The standard InChI is InChI=1S/C13H23N5O/c1-4-11-15-12(17-14)9(2)13(16-11)19-8-7-18(3)10-5-6-10/h10H,4-8,14H2,1-3H3,(H,15,16,17). The number of aryl methyl sites for hydroxylation is 1. The van der Waals surface area contributed by atoms with E-state index >= 15 is 0 Å². The Balaban J connectivity index is 1.97. The topological polar surface area (TPSA) is 76.3 Å². The van der Waals surface area contributed by atoms with Crippen molar-refractivity contribution in [1.82, 2.24) is 14.9 Å². The average Bonchev–Trinajstić information content (AvgIpc) is 3.25. The molecule has 6 nitrogen and oxygen atoms in total. The highest BCUT2D eigenvalue weighted by molar-refractivity contribution is 5.47. The number of hydrazine groups is 1. The number of nitrogens with zero attached hydrogens (tertiary/aromatic N) is 3. The molecule has 106 valence electrons. The van der Waals surface area contributed by atoms with E-state index in [0.29, 0.717) is 18.3 Å². The highest BCUT2D eigenvalue weighted by atomic mass is 16.5. The lowest BCUT2D eigenvalue weighted by molar-refractivity contribution is 0.225. The second-order valence-electron chi connectivity index (χ2n) is 4.98. The lowest BCUT2D eigenvalue weighted by Crippen LogP contribution is -2.26. The molecule has 1 heterocycles. The lowest BCUT2D eigenvalue weighted by atomic mass is 10.3. The molecule has 1 fully saturated rings. The smallest absolute Gasteiger partial charge is 0.221 e. The fraction of sp³-hybridized carbons (Fsp3) is 0.692. The summed E-state index contributed by atoms with van der Waals surface area (Å²) in [5, 5.41) is 0. The summed E-state index contributed by atoms with van der Waals surface area (Å²) in [6, 6.07) is 0.752. The lowest BCUT2D eigenvalue weighted by Gasteiger charge is -2.17. The van der Waals surface area contributed by atoms with E-state index in [-0.39, 0.29) is 0 Å².